The summed E-state index contributed by atoms with van der Waals surface area (Å²) in [5, 5.41) is 2.79. The van der Waals surface area contributed by atoms with Gasteiger partial charge in [-0.2, -0.15) is 0 Å². The van der Waals surface area contributed by atoms with Crippen LogP contribution in [0.5, 0.6) is 0 Å². The van der Waals surface area contributed by atoms with Gasteiger partial charge in [0.2, 0.25) is 0 Å². The van der Waals surface area contributed by atoms with E-state index in [1.54, 1.807) is 38.4 Å². The molecule has 2 amide bonds. The lowest BCUT2D eigenvalue weighted by atomic mass is 10.2. The van der Waals surface area contributed by atoms with Crippen LogP contribution in [0.2, 0.25) is 5.22 Å². The molecule has 1 aromatic carbocycles. The number of nitrogens with zero attached hydrogens (tertiary/aromatic N) is 1. The first-order valence-electron chi connectivity index (χ1n) is 5.86. The van der Waals surface area contributed by atoms with E-state index in [1.165, 1.54) is 17.0 Å². The molecule has 1 aromatic heterocycles. The van der Waals surface area contributed by atoms with Crippen LogP contribution in [0, 0.1) is 0 Å². The molecule has 20 heavy (non-hydrogen) atoms. The van der Waals surface area contributed by atoms with E-state index in [-0.39, 0.29) is 16.9 Å². The van der Waals surface area contributed by atoms with Gasteiger partial charge in [-0.1, -0.05) is 6.07 Å². The average molecular weight is 293 g/mol. The molecule has 2 rings (SSSR count). The van der Waals surface area contributed by atoms with E-state index in [1.807, 2.05) is 0 Å². The summed E-state index contributed by atoms with van der Waals surface area (Å²) in [6, 6.07) is 9.64. The van der Waals surface area contributed by atoms with Gasteiger partial charge in [-0.05, 0) is 41.9 Å². The van der Waals surface area contributed by atoms with Gasteiger partial charge >= 0.3 is 0 Å². The molecule has 0 unspecified atom stereocenters. The highest BCUT2D eigenvalue weighted by Crippen LogP contribution is 2.16. The first kappa shape index (κ1) is 14.1. The number of carbonyl (C=O) groups excluding carboxylic acids is 2. The molecule has 0 bridgehead atoms. The zero-order valence-corrected chi connectivity index (χ0v) is 11.8. The fourth-order valence-electron chi connectivity index (χ4n) is 1.62. The van der Waals surface area contributed by atoms with Gasteiger partial charge in [0.05, 0.1) is 0 Å². The molecule has 104 valence electrons. The van der Waals surface area contributed by atoms with Crippen molar-refractivity contribution in [1.29, 1.82) is 0 Å². The fraction of sp³-hybridized carbons (Fsp3) is 0.143. The third-order valence-electron chi connectivity index (χ3n) is 2.57. The summed E-state index contributed by atoms with van der Waals surface area (Å²) in [4.78, 5) is 25.2. The molecule has 0 spiro atoms. The molecule has 0 aliphatic heterocycles. The van der Waals surface area contributed by atoms with Crippen molar-refractivity contribution in [3.63, 3.8) is 0 Å². The number of halogens is 1. The molecule has 0 aliphatic carbocycles. The summed E-state index contributed by atoms with van der Waals surface area (Å²) in [7, 11) is 3.33. The monoisotopic (exact) mass is 292 g/mol. The minimum absolute atomic E-state index is 0.110. The van der Waals surface area contributed by atoms with Crippen LogP contribution >= 0.6 is 11.6 Å². The van der Waals surface area contributed by atoms with E-state index in [9.17, 15) is 9.59 Å². The first-order chi connectivity index (χ1) is 9.47. The number of rotatable bonds is 3. The fourth-order valence-corrected chi connectivity index (χ4v) is 1.76. The van der Waals surface area contributed by atoms with Gasteiger partial charge < -0.3 is 14.6 Å². The summed E-state index contributed by atoms with van der Waals surface area (Å²) >= 11 is 5.61. The minimum Gasteiger partial charge on any atom is -0.440 e. The van der Waals surface area contributed by atoms with Crippen molar-refractivity contribution in [2.45, 2.75) is 0 Å². The standard InChI is InChI=1S/C14H13ClN2O3/c1-17(2)14(19)9-4-3-5-10(8-9)16-13(18)11-6-7-12(15)20-11/h3-8H,1-2H3,(H,16,18). The zero-order valence-electron chi connectivity index (χ0n) is 11.0. The van der Waals surface area contributed by atoms with Crippen molar-refractivity contribution in [2.75, 3.05) is 19.4 Å². The Hall–Kier alpha value is -2.27. The summed E-state index contributed by atoms with van der Waals surface area (Å²) in [6.07, 6.45) is 0. The molecule has 5 nitrogen and oxygen atoms in total. The average Bonchev–Trinajstić information content (AvgIpc) is 2.85. The molecule has 0 fully saturated rings. The van der Waals surface area contributed by atoms with Gasteiger partial charge in [0.1, 0.15) is 0 Å². The molecular weight excluding hydrogens is 280 g/mol. The first-order valence-corrected chi connectivity index (χ1v) is 6.23. The van der Waals surface area contributed by atoms with Gasteiger partial charge in [-0.3, -0.25) is 9.59 Å². The molecule has 0 radical (unpaired) electrons. The Balaban J connectivity index is 2.16. The van der Waals surface area contributed by atoms with Crippen LogP contribution in [0.15, 0.2) is 40.8 Å². The van der Waals surface area contributed by atoms with Crippen molar-refractivity contribution in [1.82, 2.24) is 4.90 Å². The second-order valence-corrected chi connectivity index (χ2v) is 4.71. The van der Waals surface area contributed by atoms with Gasteiger partial charge in [-0.25, -0.2) is 0 Å². The normalized spacial score (nSPS) is 10.2. The predicted octanol–water partition coefficient (Wildman–Crippen LogP) is 2.89. The van der Waals surface area contributed by atoms with Crippen LogP contribution in [-0.4, -0.2) is 30.8 Å². The maximum atomic E-state index is 11.9. The van der Waals surface area contributed by atoms with E-state index in [0.717, 1.165) is 0 Å². The number of amides is 2. The Morgan fingerprint density at radius 3 is 2.55 bits per heavy atom. The van der Waals surface area contributed by atoms with Crippen LogP contribution in [0.4, 0.5) is 5.69 Å². The highest BCUT2D eigenvalue weighted by molar-refractivity contribution is 6.29. The van der Waals surface area contributed by atoms with Crippen LogP contribution in [0.25, 0.3) is 0 Å². The molecular formula is C14H13ClN2O3. The molecule has 1 N–H and O–H groups in total. The number of hydrogen-bond donors (Lipinski definition) is 1. The molecule has 0 aliphatic rings. The second-order valence-electron chi connectivity index (χ2n) is 4.34. The number of anilines is 1. The smallest absolute Gasteiger partial charge is 0.291 e. The second kappa shape index (κ2) is 5.79. The maximum absolute atomic E-state index is 11.9. The highest BCUT2D eigenvalue weighted by Gasteiger charge is 2.12. The summed E-state index contributed by atoms with van der Waals surface area (Å²) < 4.78 is 5.01. The highest BCUT2D eigenvalue weighted by atomic mass is 35.5. The van der Waals surface area contributed by atoms with Gasteiger partial charge in [0, 0.05) is 25.3 Å². The molecule has 0 saturated heterocycles. The zero-order chi connectivity index (χ0) is 14.7. The topological polar surface area (TPSA) is 62.6 Å². The minimum atomic E-state index is -0.425. The van der Waals surface area contributed by atoms with Gasteiger partial charge in [0.15, 0.2) is 11.0 Å². The lowest BCUT2D eigenvalue weighted by Crippen LogP contribution is -2.21. The van der Waals surface area contributed by atoms with Crippen molar-refractivity contribution in [3.8, 4) is 0 Å². The number of benzene rings is 1. The van der Waals surface area contributed by atoms with Crippen molar-refractivity contribution >= 4 is 29.1 Å². The third kappa shape index (κ3) is 3.19. The van der Waals surface area contributed by atoms with Crippen LogP contribution < -0.4 is 5.32 Å². The number of nitrogens with one attached hydrogen (secondary N) is 1. The van der Waals surface area contributed by atoms with Crippen molar-refractivity contribution in [3.05, 3.63) is 52.9 Å². The van der Waals surface area contributed by atoms with E-state index < -0.39 is 5.91 Å². The SMILES string of the molecule is CN(C)C(=O)c1cccc(NC(=O)c2ccc(Cl)o2)c1. The van der Waals surface area contributed by atoms with Gasteiger partial charge in [0.25, 0.3) is 11.8 Å². The Bertz CT molecular complexity index is 649. The number of furan rings is 1. The number of hydrogen-bond acceptors (Lipinski definition) is 3. The van der Waals surface area contributed by atoms with E-state index in [2.05, 4.69) is 5.32 Å². The number of carbonyl (C=O) groups is 2. The Morgan fingerprint density at radius 1 is 1.20 bits per heavy atom. The maximum Gasteiger partial charge on any atom is 0.291 e. The molecule has 6 heteroatoms. The Labute approximate surface area is 121 Å². The molecule has 2 aromatic rings. The molecule has 0 saturated carbocycles. The van der Waals surface area contributed by atoms with E-state index in [0.29, 0.717) is 11.3 Å². The van der Waals surface area contributed by atoms with Crippen molar-refractivity contribution in [2.24, 2.45) is 0 Å². The van der Waals surface area contributed by atoms with Crippen LogP contribution in [0.3, 0.4) is 0 Å². The Morgan fingerprint density at radius 2 is 1.95 bits per heavy atom. The van der Waals surface area contributed by atoms with E-state index in [4.69, 9.17) is 16.0 Å². The van der Waals surface area contributed by atoms with E-state index >= 15 is 0 Å². The van der Waals surface area contributed by atoms with Crippen LogP contribution in [0.1, 0.15) is 20.9 Å². The summed E-state index contributed by atoms with van der Waals surface area (Å²) in [5.74, 6) is -0.451. The molecule has 1 heterocycles. The lowest BCUT2D eigenvalue weighted by Gasteiger charge is -2.11. The summed E-state index contributed by atoms with van der Waals surface area (Å²) in [5.41, 5.74) is 1.00. The van der Waals surface area contributed by atoms with Crippen LogP contribution in [-0.2, 0) is 0 Å². The van der Waals surface area contributed by atoms with Gasteiger partial charge in [-0.15, -0.1) is 0 Å². The Kier molecular flexibility index (Phi) is 4.10. The largest absolute Gasteiger partial charge is 0.440 e. The molecule has 0 atom stereocenters. The van der Waals surface area contributed by atoms with Crippen molar-refractivity contribution < 1.29 is 14.0 Å². The summed E-state index contributed by atoms with van der Waals surface area (Å²) in [6.45, 7) is 0. The third-order valence-corrected chi connectivity index (χ3v) is 2.77. The lowest BCUT2D eigenvalue weighted by molar-refractivity contribution is 0.0827. The predicted molar refractivity (Wildman–Crippen MR) is 76.1 cm³/mol. The quantitative estimate of drug-likeness (QED) is 0.946.